The fourth-order valence-electron chi connectivity index (χ4n) is 1.02. The summed E-state index contributed by atoms with van der Waals surface area (Å²) in [7, 11) is 0. The lowest BCUT2D eigenvalue weighted by atomic mass is 10.1. The number of rotatable bonds is 5. The molecular formula is C8H11N3O2. The van der Waals surface area contributed by atoms with Gasteiger partial charge in [-0.2, -0.15) is 0 Å². The number of nitrogens with zero attached hydrogens (tertiary/aromatic N) is 1. The molecule has 0 saturated heterocycles. The third kappa shape index (κ3) is 2.70. The number of aromatic nitrogens is 2. The van der Waals surface area contributed by atoms with Gasteiger partial charge >= 0.3 is 0 Å². The van der Waals surface area contributed by atoms with E-state index in [1.54, 1.807) is 6.20 Å². The van der Waals surface area contributed by atoms with Gasteiger partial charge in [0.15, 0.2) is 5.78 Å². The van der Waals surface area contributed by atoms with E-state index in [4.69, 9.17) is 0 Å². The van der Waals surface area contributed by atoms with Crippen molar-refractivity contribution >= 4 is 12.2 Å². The van der Waals surface area contributed by atoms with Crippen LogP contribution in [-0.4, -0.2) is 28.2 Å². The Morgan fingerprint density at radius 1 is 1.85 bits per heavy atom. The second-order valence-electron chi connectivity index (χ2n) is 2.73. The number of nitrogens with one attached hydrogen (secondary N) is 2. The smallest absolute Gasteiger partial charge is 0.207 e. The normalized spacial score (nSPS) is 12.1. The van der Waals surface area contributed by atoms with Crippen molar-refractivity contribution < 1.29 is 9.59 Å². The molecule has 0 unspecified atom stereocenters. The van der Waals surface area contributed by atoms with Crippen molar-refractivity contribution in [1.82, 2.24) is 15.3 Å². The maximum absolute atomic E-state index is 11.0. The zero-order valence-corrected chi connectivity index (χ0v) is 7.28. The molecule has 13 heavy (non-hydrogen) atoms. The van der Waals surface area contributed by atoms with Crippen molar-refractivity contribution in [3.63, 3.8) is 0 Å². The SMILES string of the molecule is CC(=O)[C@H](Cc1cnc[nH]1)NC=O. The van der Waals surface area contributed by atoms with Crippen LogP contribution in [0.3, 0.4) is 0 Å². The molecule has 0 saturated carbocycles. The van der Waals surface area contributed by atoms with E-state index < -0.39 is 6.04 Å². The zero-order valence-electron chi connectivity index (χ0n) is 7.28. The van der Waals surface area contributed by atoms with E-state index in [-0.39, 0.29) is 5.78 Å². The molecular weight excluding hydrogens is 170 g/mol. The van der Waals surface area contributed by atoms with Crippen LogP contribution in [0.15, 0.2) is 12.5 Å². The maximum atomic E-state index is 11.0. The molecule has 1 heterocycles. The lowest BCUT2D eigenvalue weighted by molar-refractivity contribution is -0.121. The third-order valence-electron chi connectivity index (χ3n) is 1.74. The maximum Gasteiger partial charge on any atom is 0.207 e. The lowest BCUT2D eigenvalue weighted by Gasteiger charge is -2.10. The summed E-state index contributed by atoms with van der Waals surface area (Å²) < 4.78 is 0. The summed E-state index contributed by atoms with van der Waals surface area (Å²) >= 11 is 0. The standard InChI is InChI=1S/C8H11N3O2/c1-6(13)8(11-5-12)2-7-3-9-4-10-7/h3-5,8H,2H2,1H3,(H,9,10)(H,11,12)/t8-/m0/s1. The van der Waals surface area contributed by atoms with Crippen molar-refractivity contribution in [3.05, 3.63) is 18.2 Å². The second kappa shape index (κ2) is 4.39. The summed E-state index contributed by atoms with van der Waals surface area (Å²) in [6, 6.07) is -0.460. The first-order chi connectivity index (χ1) is 6.24. The minimum Gasteiger partial charge on any atom is -0.348 e. The van der Waals surface area contributed by atoms with Crippen LogP contribution in [0.5, 0.6) is 0 Å². The molecule has 70 valence electrons. The highest BCUT2D eigenvalue weighted by Crippen LogP contribution is 1.98. The fourth-order valence-corrected chi connectivity index (χ4v) is 1.02. The highest BCUT2D eigenvalue weighted by molar-refractivity contribution is 5.83. The predicted octanol–water partition coefficient (Wildman–Crippen LogP) is -0.344. The fraction of sp³-hybridized carbons (Fsp3) is 0.375. The number of Topliss-reactive ketones (excluding diaryl/α,β-unsaturated/α-hetero) is 1. The minimum atomic E-state index is -0.460. The van der Waals surface area contributed by atoms with Crippen molar-refractivity contribution in [2.75, 3.05) is 0 Å². The topological polar surface area (TPSA) is 74.8 Å². The van der Waals surface area contributed by atoms with Gasteiger partial charge in [0, 0.05) is 18.3 Å². The Morgan fingerprint density at radius 3 is 3.08 bits per heavy atom. The molecule has 0 aromatic carbocycles. The zero-order chi connectivity index (χ0) is 9.68. The third-order valence-corrected chi connectivity index (χ3v) is 1.74. The molecule has 0 aliphatic heterocycles. The monoisotopic (exact) mass is 181 g/mol. The number of H-pyrrole nitrogens is 1. The Kier molecular flexibility index (Phi) is 3.19. The second-order valence-corrected chi connectivity index (χ2v) is 2.73. The van der Waals surface area contributed by atoms with Gasteiger partial charge in [0.25, 0.3) is 0 Å². The largest absolute Gasteiger partial charge is 0.348 e. The number of aromatic amines is 1. The predicted molar refractivity (Wildman–Crippen MR) is 46.0 cm³/mol. The molecule has 1 aromatic heterocycles. The van der Waals surface area contributed by atoms with E-state index in [1.807, 2.05) is 0 Å². The van der Waals surface area contributed by atoms with E-state index in [2.05, 4.69) is 15.3 Å². The summed E-state index contributed by atoms with van der Waals surface area (Å²) in [6.45, 7) is 1.44. The average Bonchev–Trinajstić information content (AvgIpc) is 2.56. The van der Waals surface area contributed by atoms with Gasteiger partial charge in [0.1, 0.15) is 0 Å². The van der Waals surface area contributed by atoms with Crippen LogP contribution in [0.4, 0.5) is 0 Å². The van der Waals surface area contributed by atoms with Gasteiger partial charge in [-0.25, -0.2) is 4.98 Å². The number of hydrogen-bond donors (Lipinski definition) is 2. The first kappa shape index (κ1) is 9.44. The summed E-state index contributed by atoms with van der Waals surface area (Å²) in [5, 5.41) is 2.44. The van der Waals surface area contributed by atoms with Gasteiger partial charge in [-0.3, -0.25) is 9.59 Å². The summed E-state index contributed by atoms with van der Waals surface area (Å²) in [6.07, 6.45) is 4.15. The van der Waals surface area contributed by atoms with Gasteiger partial charge in [-0.1, -0.05) is 0 Å². The van der Waals surface area contributed by atoms with E-state index in [0.29, 0.717) is 12.8 Å². The van der Waals surface area contributed by atoms with E-state index in [1.165, 1.54) is 13.3 Å². The Morgan fingerprint density at radius 2 is 2.62 bits per heavy atom. The molecule has 0 aliphatic rings. The molecule has 2 N–H and O–H groups in total. The van der Waals surface area contributed by atoms with Gasteiger partial charge < -0.3 is 10.3 Å². The summed E-state index contributed by atoms with van der Waals surface area (Å²) in [5.41, 5.74) is 0.828. The molecule has 0 aliphatic carbocycles. The van der Waals surface area contributed by atoms with Crippen molar-refractivity contribution in [2.45, 2.75) is 19.4 Å². The first-order valence-corrected chi connectivity index (χ1v) is 3.91. The summed E-state index contributed by atoms with van der Waals surface area (Å²) in [4.78, 5) is 27.8. The number of carbonyl (C=O) groups excluding carboxylic acids is 2. The minimum absolute atomic E-state index is 0.0679. The summed E-state index contributed by atoms with van der Waals surface area (Å²) in [5.74, 6) is -0.0679. The molecule has 5 heteroatoms. The Bertz CT molecular complexity index is 282. The number of imidazole rings is 1. The molecule has 0 spiro atoms. The Labute approximate surface area is 75.6 Å². The van der Waals surface area contributed by atoms with Crippen LogP contribution in [0.2, 0.25) is 0 Å². The van der Waals surface area contributed by atoms with E-state index in [0.717, 1.165) is 5.69 Å². The van der Waals surface area contributed by atoms with Crippen molar-refractivity contribution in [3.8, 4) is 0 Å². The van der Waals surface area contributed by atoms with Crippen LogP contribution >= 0.6 is 0 Å². The molecule has 1 atom stereocenters. The molecule has 1 aromatic rings. The molecule has 0 radical (unpaired) electrons. The van der Waals surface area contributed by atoms with Gasteiger partial charge in [-0.15, -0.1) is 0 Å². The molecule has 1 amide bonds. The van der Waals surface area contributed by atoms with Crippen molar-refractivity contribution in [2.24, 2.45) is 0 Å². The van der Waals surface area contributed by atoms with Crippen LogP contribution in [0.1, 0.15) is 12.6 Å². The number of hydrogen-bond acceptors (Lipinski definition) is 3. The van der Waals surface area contributed by atoms with Crippen LogP contribution in [-0.2, 0) is 16.0 Å². The van der Waals surface area contributed by atoms with Crippen LogP contribution in [0.25, 0.3) is 0 Å². The number of ketones is 1. The highest BCUT2D eigenvalue weighted by atomic mass is 16.1. The van der Waals surface area contributed by atoms with Crippen molar-refractivity contribution in [1.29, 1.82) is 0 Å². The average molecular weight is 181 g/mol. The molecule has 5 nitrogen and oxygen atoms in total. The van der Waals surface area contributed by atoms with Gasteiger partial charge in [0.2, 0.25) is 6.41 Å². The van der Waals surface area contributed by atoms with Crippen LogP contribution in [0, 0.1) is 0 Å². The van der Waals surface area contributed by atoms with Gasteiger partial charge in [0.05, 0.1) is 12.4 Å². The van der Waals surface area contributed by atoms with E-state index >= 15 is 0 Å². The number of amides is 1. The Balaban J connectivity index is 2.57. The Hall–Kier alpha value is -1.65. The molecule has 1 rings (SSSR count). The number of carbonyl (C=O) groups is 2. The first-order valence-electron chi connectivity index (χ1n) is 3.91. The quantitative estimate of drug-likeness (QED) is 0.610. The lowest BCUT2D eigenvalue weighted by Crippen LogP contribution is -2.36. The van der Waals surface area contributed by atoms with E-state index in [9.17, 15) is 9.59 Å². The van der Waals surface area contributed by atoms with Gasteiger partial charge in [-0.05, 0) is 6.92 Å². The molecule has 0 fully saturated rings. The van der Waals surface area contributed by atoms with Crippen LogP contribution < -0.4 is 5.32 Å². The molecule has 0 bridgehead atoms. The highest BCUT2D eigenvalue weighted by Gasteiger charge is 2.13.